The molecule has 7 nitrogen and oxygen atoms in total. The number of para-hydroxylation sites is 1. The Balaban J connectivity index is 1.43. The van der Waals surface area contributed by atoms with Crippen molar-refractivity contribution in [2.75, 3.05) is 6.61 Å². The molecule has 7 heteroatoms. The third-order valence-electron chi connectivity index (χ3n) is 5.39. The van der Waals surface area contributed by atoms with Crippen molar-refractivity contribution in [3.8, 4) is 5.75 Å². The number of nitrogens with zero attached hydrogens (tertiary/aromatic N) is 3. The third kappa shape index (κ3) is 3.58. The Labute approximate surface area is 185 Å². The van der Waals surface area contributed by atoms with Crippen LogP contribution in [0.1, 0.15) is 18.1 Å². The molecule has 2 aromatic carbocycles. The summed E-state index contributed by atoms with van der Waals surface area (Å²) in [5, 5.41) is 10.7. The Kier molecular flexibility index (Phi) is 4.86. The highest BCUT2D eigenvalue weighted by Crippen LogP contribution is 2.27. The van der Waals surface area contributed by atoms with E-state index in [9.17, 15) is 4.79 Å². The Morgan fingerprint density at radius 2 is 2.00 bits per heavy atom. The van der Waals surface area contributed by atoms with Gasteiger partial charge in [-0.1, -0.05) is 30.3 Å². The number of carbonyl (C=O) groups is 1. The van der Waals surface area contributed by atoms with Crippen molar-refractivity contribution < 1.29 is 14.4 Å². The zero-order valence-corrected chi connectivity index (χ0v) is 17.8. The normalized spacial score (nSPS) is 16.8. The molecule has 2 aliphatic heterocycles. The molecule has 0 saturated heterocycles. The van der Waals surface area contributed by atoms with Crippen LogP contribution in [0.2, 0.25) is 0 Å². The lowest BCUT2D eigenvalue weighted by Crippen LogP contribution is -2.38. The molecule has 1 aromatic heterocycles. The van der Waals surface area contributed by atoms with Crippen LogP contribution in [0.15, 0.2) is 77.1 Å². The maximum Gasteiger partial charge on any atom is 0.282 e. The molecule has 0 fully saturated rings. The van der Waals surface area contributed by atoms with E-state index in [1.54, 1.807) is 19.1 Å². The number of aliphatic imine (C=N–C) groups is 1. The van der Waals surface area contributed by atoms with Crippen molar-refractivity contribution in [3.05, 3.63) is 83.3 Å². The van der Waals surface area contributed by atoms with Crippen molar-refractivity contribution in [1.29, 1.82) is 5.41 Å². The number of hydroxylamine groups is 2. The number of amides is 1. The standard InChI is InChI=1S/C25H22N4O3/c1-16-6-5-7-19(12-16)31-11-10-28-15-18(20-8-3-4-9-22(20)28)14-21-24(26)29-23(27-25(21)30)13-17(2)32-29/h3-9,12-15,26H,10-11H2,1-2H3/b21-14-,26-24?. The van der Waals surface area contributed by atoms with Crippen LogP contribution in [0, 0.1) is 12.3 Å². The minimum Gasteiger partial charge on any atom is -0.492 e. The van der Waals surface area contributed by atoms with E-state index in [1.165, 1.54) is 5.06 Å². The highest BCUT2D eigenvalue weighted by Gasteiger charge is 2.34. The first-order valence-electron chi connectivity index (χ1n) is 10.4. The van der Waals surface area contributed by atoms with Crippen molar-refractivity contribution in [1.82, 2.24) is 9.63 Å². The summed E-state index contributed by atoms with van der Waals surface area (Å²) in [6, 6.07) is 15.9. The number of allylic oxidation sites excluding steroid dienone is 1. The van der Waals surface area contributed by atoms with Gasteiger partial charge in [0.05, 0.1) is 12.1 Å². The molecule has 0 radical (unpaired) electrons. The summed E-state index contributed by atoms with van der Waals surface area (Å²) in [6.45, 7) is 4.94. The van der Waals surface area contributed by atoms with Crippen molar-refractivity contribution >= 4 is 34.6 Å². The van der Waals surface area contributed by atoms with E-state index in [0.717, 1.165) is 27.8 Å². The second kappa shape index (κ2) is 7.85. The number of ether oxygens (including phenoxy) is 1. The number of aryl methyl sites for hydroxylation is 1. The van der Waals surface area contributed by atoms with Gasteiger partial charge in [0, 0.05) is 28.7 Å². The maximum absolute atomic E-state index is 12.6. The molecule has 2 aliphatic rings. The highest BCUT2D eigenvalue weighted by molar-refractivity contribution is 6.32. The van der Waals surface area contributed by atoms with Crippen LogP contribution in [0.25, 0.3) is 17.0 Å². The largest absolute Gasteiger partial charge is 0.492 e. The number of benzene rings is 2. The monoisotopic (exact) mass is 426 g/mol. The smallest absolute Gasteiger partial charge is 0.282 e. The fraction of sp³-hybridized carbons (Fsp3) is 0.160. The van der Waals surface area contributed by atoms with Crippen molar-refractivity contribution in [2.45, 2.75) is 20.4 Å². The first-order valence-corrected chi connectivity index (χ1v) is 10.4. The van der Waals surface area contributed by atoms with E-state index in [2.05, 4.69) is 9.56 Å². The zero-order valence-electron chi connectivity index (χ0n) is 17.8. The summed E-state index contributed by atoms with van der Waals surface area (Å²) in [6.07, 6.45) is 5.33. The van der Waals surface area contributed by atoms with E-state index in [0.29, 0.717) is 24.7 Å². The molecule has 0 bridgehead atoms. The van der Waals surface area contributed by atoms with E-state index in [4.69, 9.17) is 15.0 Å². The number of nitrogens with one attached hydrogen (secondary N) is 1. The van der Waals surface area contributed by atoms with E-state index < -0.39 is 5.91 Å². The van der Waals surface area contributed by atoms with Gasteiger partial charge in [-0.3, -0.25) is 10.2 Å². The lowest BCUT2D eigenvalue weighted by Gasteiger charge is -2.22. The van der Waals surface area contributed by atoms with E-state index in [1.807, 2.05) is 61.7 Å². The summed E-state index contributed by atoms with van der Waals surface area (Å²) >= 11 is 0. The summed E-state index contributed by atoms with van der Waals surface area (Å²) in [5.41, 5.74) is 3.21. The molecule has 0 unspecified atom stereocenters. The van der Waals surface area contributed by atoms with Crippen molar-refractivity contribution in [3.63, 3.8) is 0 Å². The molecule has 3 aromatic rings. The summed E-state index contributed by atoms with van der Waals surface area (Å²) < 4.78 is 8.02. The Morgan fingerprint density at radius 1 is 1.16 bits per heavy atom. The quantitative estimate of drug-likeness (QED) is 0.610. The lowest BCUT2D eigenvalue weighted by atomic mass is 10.1. The highest BCUT2D eigenvalue weighted by atomic mass is 16.7. The summed E-state index contributed by atoms with van der Waals surface area (Å²) in [5.74, 6) is 1.30. The molecule has 0 saturated carbocycles. The number of amidine groups is 2. The minimum absolute atomic E-state index is 0.0206. The first-order chi connectivity index (χ1) is 15.5. The average Bonchev–Trinajstić information content (AvgIpc) is 3.31. The molecule has 5 rings (SSSR count). The SMILES string of the molecule is CC1=CC2=NC(=O)/C(=C\c3cn(CCOc4cccc(C)c4)c4ccccc34)C(=N)N2O1. The molecule has 160 valence electrons. The van der Waals surface area contributed by atoms with Crippen LogP contribution in [0.5, 0.6) is 5.75 Å². The molecule has 0 aliphatic carbocycles. The van der Waals surface area contributed by atoms with Gasteiger partial charge in [-0.2, -0.15) is 4.99 Å². The average molecular weight is 426 g/mol. The van der Waals surface area contributed by atoms with Crippen LogP contribution in [0.4, 0.5) is 0 Å². The molecule has 3 heterocycles. The topological polar surface area (TPSA) is 79.9 Å². The Morgan fingerprint density at radius 3 is 2.84 bits per heavy atom. The summed E-state index contributed by atoms with van der Waals surface area (Å²) in [7, 11) is 0. The van der Waals surface area contributed by atoms with Gasteiger partial charge in [0.1, 0.15) is 18.1 Å². The molecule has 32 heavy (non-hydrogen) atoms. The number of carbonyl (C=O) groups excluding carboxylic acids is 1. The van der Waals surface area contributed by atoms with Crippen LogP contribution in [-0.4, -0.2) is 33.8 Å². The van der Waals surface area contributed by atoms with Gasteiger partial charge >= 0.3 is 0 Å². The van der Waals surface area contributed by atoms with Gasteiger partial charge in [-0.15, -0.1) is 5.06 Å². The molecule has 1 N–H and O–H groups in total. The minimum atomic E-state index is -0.449. The van der Waals surface area contributed by atoms with E-state index >= 15 is 0 Å². The number of hydrogen-bond donors (Lipinski definition) is 1. The number of hydrogen-bond acceptors (Lipinski definition) is 4. The van der Waals surface area contributed by atoms with Gasteiger partial charge < -0.3 is 14.1 Å². The number of fused-ring (bicyclic) bond motifs is 2. The predicted molar refractivity (Wildman–Crippen MR) is 123 cm³/mol. The van der Waals surface area contributed by atoms with Crippen LogP contribution in [-0.2, 0) is 16.2 Å². The van der Waals surface area contributed by atoms with Crippen LogP contribution >= 0.6 is 0 Å². The van der Waals surface area contributed by atoms with E-state index in [-0.39, 0.29) is 11.4 Å². The Bertz CT molecular complexity index is 1350. The summed E-state index contributed by atoms with van der Waals surface area (Å²) in [4.78, 5) is 22.2. The molecule has 1 amide bonds. The zero-order chi connectivity index (χ0) is 22.2. The fourth-order valence-electron chi connectivity index (χ4n) is 3.90. The van der Waals surface area contributed by atoms with Gasteiger partial charge in [0.15, 0.2) is 11.7 Å². The lowest BCUT2D eigenvalue weighted by molar-refractivity contribution is -0.114. The number of rotatable bonds is 5. The fourth-order valence-corrected chi connectivity index (χ4v) is 3.90. The second-order valence-electron chi connectivity index (χ2n) is 7.78. The number of aromatic nitrogens is 1. The second-order valence-corrected chi connectivity index (χ2v) is 7.78. The third-order valence-corrected chi connectivity index (χ3v) is 5.39. The predicted octanol–water partition coefficient (Wildman–Crippen LogP) is 4.48. The van der Waals surface area contributed by atoms with Gasteiger partial charge in [0.2, 0.25) is 0 Å². The Hall–Kier alpha value is -4.13. The van der Waals surface area contributed by atoms with Gasteiger partial charge in [-0.25, -0.2) is 0 Å². The maximum atomic E-state index is 12.6. The molecule has 0 spiro atoms. The van der Waals surface area contributed by atoms with Crippen molar-refractivity contribution in [2.24, 2.45) is 4.99 Å². The van der Waals surface area contributed by atoms with Gasteiger partial charge in [-0.05, 0) is 43.7 Å². The van der Waals surface area contributed by atoms with Crippen LogP contribution in [0.3, 0.4) is 0 Å². The van der Waals surface area contributed by atoms with Crippen LogP contribution < -0.4 is 4.74 Å². The molecule has 0 atom stereocenters. The molecular weight excluding hydrogens is 404 g/mol. The van der Waals surface area contributed by atoms with Gasteiger partial charge in [0.25, 0.3) is 5.91 Å². The first kappa shape index (κ1) is 19.8. The molecular formula is C25H22N4O3.